The minimum Gasteiger partial charge on any atom is -0.454 e. The van der Waals surface area contributed by atoms with Crippen molar-refractivity contribution in [3.8, 4) is 11.5 Å². The van der Waals surface area contributed by atoms with Gasteiger partial charge in [0.2, 0.25) is 12.7 Å². The van der Waals surface area contributed by atoms with Gasteiger partial charge in [-0.1, -0.05) is 18.9 Å². The van der Waals surface area contributed by atoms with E-state index in [0.29, 0.717) is 11.5 Å². The molecule has 1 aromatic carbocycles. The first-order valence-corrected chi connectivity index (χ1v) is 7.73. The molecule has 2 unspecified atom stereocenters. The maximum Gasteiger partial charge on any atom is 0.324 e. The molecular formula is C16H18N2O4. The lowest BCUT2D eigenvalue weighted by Crippen LogP contribution is -2.60. The van der Waals surface area contributed by atoms with Crippen LogP contribution in [0.1, 0.15) is 31.2 Å². The van der Waals surface area contributed by atoms with Crippen LogP contribution in [-0.4, -0.2) is 29.7 Å². The Kier molecular flexibility index (Phi) is 3.17. The van der Waals surface area contributed by atoms with E-state index < -0.39 is 0 Å². The third kappa shape index (κ3) is 2.19. The minimum absolute atomic E-state index is 0.0155. The number of fused-ring (bicyclic) bond motifs is 2. The van der Waals surface area contributed by atoms with Crippen LogP contribution in [0.2, 0.25) is 0 Å². The number of benzene rings is 1. The van der Waals surface area contributed by atoms with Gasteiger partial charge < -0.3 is 14.8 Å². The van der Waals surface area contributed by atoms with Crippen molar-refractivity contribution in [2.45, 2.75) is 38.3 Å². The Morgan fingerprint density at radius 3 is 2.86 bits per heavy atom. The highest BCUT2D eigenvalue weighted by molar-refractivity contribution is 5.98. The fraction of sp³-hybridized carbons (Fsp3) is 0.500. The van der Waals surface area contributed by atoms with Gasteiger partial charge in [0.25, 0.3) is 0 Å². The Labute approximate surface area is 128 Å². The van der Waals surface area contributed by atoms with E-state index in [1.807, 2.05) is 18.2 Å². The zero-order chi connectivity index (χ0) is 15.1. The van der Waals surface area contributed by atoms with Crippen LogP contribution in [0, 0.1) is 5.92 Å². The molecule has 2 heterocycles. The molecule has 0 aromatic heterocycles. The lowest BCUT2D eigenvalue weighted by atomic mass is 9.82. The normalized spacial score (nSPS) is 26.6. The van der Waals surface area contributed by atoms with E-state index in [4.69, 9.17) is 9.47 Å². The summed E-state index contributed by atoms with van der Waals surface area (Å²) in [5.74, 6) is 1.25. The first-order chi connectivity index (χ1) is 10.7. The number of nitrogens with zero attached hydrogens (tertiary/aromatic N) is 1. The third-order valence-electron chi connectivity index (χ3n) is 4.68. The van der Waals surface area contributed by atoms with Crippen molar-refractivity contribution in [2.75, 3.05) is 6.79 Å². The molecule has 0 bridgehead atoms. The molecule has 1 saturated heterocycles. The highest BCUT2D eigenvalue weighted by atomic mass is 16.7. The summed E-state index contributed by atoms with van der Waals surface area (Å²) in [6.07, 6.45) is 3.90. The van der Waals surface area contributed by atoms with Crippen LogP contribution in [0.4, 0.5) is 4.79 Å². The summed E-state index contributed by atoms with van der Waals surface area (Å²) in [6, 6.07) is 5.23. The Balaban J connectivity index is 1.54. The fourth-order valence-corrected chi connectivity index (χ4v) is 3.51. The Morgan fingerprint density at radius 2 is 1.95 bits per heavy atom. The second-order valence-electron chi connectivity index (χ2n) is 6.06. The van der Waals surface area contributed by atoms with E-state index >= 15 is 0 Å². The number of hydrogen-bond donors (Lipinski definition) is 1. The van der Waals surface area contributed by atoms with Gasteiger partial charge in [-0.05, 0) is 30.5 Å². The predicted molar refractivity (Wildman–Crippen MR) is 77.4 cm³/mol. The van der Waals surface area contributed by atoms with Crippen molar-refractivity contribution in [2.24, 2.45) is 5.92 Å². The standard InChI is InChI=1S/C16H18N2O4/c19-15-11-3-1-2-4-12(11)17-16(20)18(15)8-10-5-6-13-14(7-10)22-9-21-13/h5-7,11-12H,1-4,8-9H2,(H,17,20). The van der Waals surface area contributed by atoms with Crippen LogP contribution in [0.25, 0.3) is 0 Å². The average Bonchev–Trinajstić information content (AvgIpc) is 2.99. The van der Waals surface area contributed by atoms with Gasteiger partial charge in [-0.2, -0.15) is 0 Å². The quantitative estimate of drug-likeness (QED) is 0.907. The molecule has 4 rings (SSSR count). The number of hydrogen-bond acceptors (Lipinski definition) is 4. The Bertz CT molecular complexity index is 631. The molecule has 6 heteroatoms. The predicted octanol–water partition coefficient (Wildman–Crippen LogP) is 2.03. The minimum atomic E-state index is -0.286. The van der Waals surface area contributed by atoms with Gasteiger partial charge in [0, 0.05) is 6.04 Å². The summed E-state index contributed by atoms with van der Waals surface area (Å²) < 4.78 is 10.6. The van der Waals surface area contributed by atoms with Crippen molar-refractivity contribution in [3.05, 3.63) is 23.8 Å². The Hall–Kier alpha value is -2.24. The van der Waals surface area contributed by atoms with E-state index in [1.165, 1.54) is 4.90 Å². The van der Waals surface area contributed by atoms with Gasteiger partial charge in [0.05, 0.1) is 12.5 Å². The molecule has 6 nitrogen and oxygen atoms in total. The molecule has 116 valence electrons. The monoisotopic (exact) mass is 302 g/mol. The number of imide groups is 1. The molecule has 2 aliphatic heterocycles. The van der Waals surface area contributed by atoms with E-state index in [2.05, 4.69) is 5.32 Å². The highest BCUT2D eigenvalue weighted by Crippen LogP contribution is 2.34. The Morgan fingerprint density at radius 1 is 1.14 bits per heavy atom. The average molecular weight is 302 g/mol. The number of rotatable bonds is 2. The highest BCUT2D eigenvalue weighted by Gasteiger charge is 2.41. The molecule has 1 aliphatic carbocycles. The number of nitrogens with one attached hydrogen (secondary N) is 1. The molecule has 3 aliphatic rings. The van der Waals surface area contributed by atoms with E-state index in [0.717, 1.165) is 31.2 Å². The van der Waals surface area contributed by atoms with Crippen LogP contribution in [0.15, 0.2) is 18.2 Å². The summed E-state index contributed by atoms with van der Waals surface area (Å²) in [5, 5.41) is 2.98. The number of amides is 3. The summed E-state index contributed by atoms with van der Waals surface area (Å²) in [7, 11) is 0. The van der Waals surface area contributed by atoms with Crippen LogP contribution in [-0.2, 0) is 11.3 Å². The fourth-order valence-electron chi connectivity index (χ4n) is 3.51. The van der Waals surface area contributed by atoms with Gasteiger partial charge in [-0.15, -0.1) is 0 Å². The zero-order valence-corrected chi connectivity index (χ0v) is 12.2. The first-order valence-electron chi connectivity index (χ1n) is 7.73. The maximum absolute atomic E-state index is 12.6. The molecule has 3 amide bonds. The van der Waals surface area contributed by atoms with E-state index in [9.17, 15) is 9.59 Å². The van der Waals surface area contributed by atoms with Gasteiger partial charge in [0.1, 0.15) is 0 Å². The van der Waals surface area contributed by atoms with E-state index in [1.54, 1.807) is 0 Å². The lowest BCUT2D eigenvalue weighted by Gasteiger charge is -2.40. The number of ether oxygens (including phenoxy) is 2. The SMILES string of the molecule is O=C1NC2CCCCC2C(=O)N1Cc1ccc2c(c1)OCO2. The maximum atomic E-state index is 12.6. The molecule has 2 atom stereocenters. The van der Waals surface area contributed by atoms with Crippen molar-refractivity contribution in [3.63, 3.8) is 0 Å². The number of carbonyl (C=O) groups excluding carboxylic acids is 2. The lowest BCUT2D eigenvalue weighted by molar-refractivity contribution is -0.137. The largest absolute Gasteiger partial charge is 0.454 e. The van der Waals surface area contributed by atoms with Crippen LogP contribution in [0.3, 0.4) is 0 Å². The molecule has 1 aromatic rings. The van der Waals surface area contributed by atoms with Crippen molar-refractivity contribution < 1.29 is 19.1 Å². The summed E-state index contributed by atoms with van der Waals surface area (Å²) in [5.41, 5.74) is 0.863. The van der Waals surface area contributed by atoms with Gasteiger partial charge in [0.15, 0.2) is 11.5 Å². The molecule has 22 heavy (non-hydrogen) atoms. The van der Waals surface area contributed by atoms with Gasteiger partial charge in [-0.25, -0.2) is 4.79 Å². The van der Waals surface area contributed by atoms with Gasteiger partial charge >= 0.3 is 6.03 Å². The van der Waals surface area contributed by atoms with Crippen LogP contribution >= 0.6 is 0 Å². The van der Waals surface area contributed by atoms with Crippen molar-refractivity contribution >= 4 is 11.9 Å². The van der Waals surface area contributed by atoms with Crippen LogP contribution < -0.4 is 14.8 Å². The summed E-state index contributed by atoms with van der Waals surface area (Å²) >= 11 is 0. The number of carbonyl (C=O) groups is 2. The molecule has 1 saturated carbocycles. The molecule has 0 radical (unpaired) electrons. The van der Waals surface area contributed by atoms with E-state index in [-0.39, 0.29) is 37.2 Å². The molecule has 2 fully saturated rings. The first kappa shape index (κ1) is 13.4. The van der Waals surface area contributed by atoms with Crippen LogP contribution in [0.5, 0.6) is 11.5 Å². The van der Waals surface area contributed by atoms with Gasteiger partial charge in [-0.3, -0.25) is 9.69 Å². The number of urea groups is 1. The second kappa shape index (κ2) is 5.19. The topological polar surface area (TPSA) is 67.9 Å². The summed E-state index contributed by atoms with van der Waals surface area (Å²) in [6.45, 7) is 0.482. The van der Waals surface area contributed by atoms with Crippen molar-refractivity contribution in [1.29, 1.82) is 0 Å². The second-order valence-corrected chi connectivity index (χ2v) is 6.06. The summed E-state index contributed by atoms with van der Waals surface area (Å²) in [4.78, 5) is 26.2. The smallest absolute Gasteiger partial charge is 0.324 e. The molecule has 0 spiro atoms. The van der Waals surface area contributed by atoms with Crippen molar-refractivity contribution in [1.82, 2.24) is 10.2 Å². The third-order valence-corrected chi connectivity index (χ3v) is 4.68. The molecular weight excluding hydrogens is 284 g/mol. The zero-order valence-electron chi connectivity index (χ0n) is 12.2. The molecule has 1 N–H and O–H groups in total.